The number of carbonyl (C=O) groups excluding carboxylic acids is 4. The van der Waals surface area contributed by atoms with E-state index in [2.05, 4.69) is 14.6 Å². The van der Waals surface area contributed by atoms with E-state index in [-0.39, 0.29) is 44.9 Å². The van der Waals surface area contributed by atoms with Gasteiger partial charge in [-0.1, -0.05) is 0 Å². The number of hydrogen-bond donors (Lipinski definition) is 3. The average molecular weight is 488 g/mol. The second-order valence-corrected chi connectivity index (χ2v) is 8.64. The fourth-order valence-corrected chi connectivity index (χ4v) is 3.93. The van der Waals surface area contributed by atoms with Crippen molar-refractivity contribution >= 4 is 34.1 Å². The summed E-state index contributed by atoms with van der Waals surface area (Å²) < 4.78 is 41.5. The first-order valence-electron chi connectivity index (χ1n) is 9.94. The number of nitrogens with one attached hydrogen (secondary N) is 1. The van der Waals surface area contributed by atoms with Gasteiger partial charge in [-0.2, -0.15) is 13.5 Å². The average Bonchev–Trinajstić information content (AvgIpc) is 3.27. The monoisotopic (exact) mass is 488 g/mol. The fraction of sp³-hybridized carbons (Fsp3) is 0.588. The summed E-state index contributed by atoms with van der Waals surface area (Å²) >= 11 is 0. The lowest BCUT2D eigenvalue weighted by atomic mass is 10.0. The molecule has 182 valence electrons. The Bertz CT molecular complexity index is 1040. The lowest BCUT2D eigenvalue weighted by Gasteiger charge is -2.29. The molecule has 16 heteroatoms. The summed E-state index contributed by atoms with van der Waals surface area (Å²) in [5.74, 6) is -1.25. The van der Waals surface area contributed by atoms with Crippen LogP contribution in [-0.2, 0) is 47.0 Å². The van der Waals surface area contributed by atoms with Gasteiger partial charge in [-0.15, -0.1) is 4.28 Å². The molecule has 0 spiro atoms. The molecule has 1 aromatic rings. The van der Waals surface area contributed by atoms with E-state index in [1.807, 2.05) is 0 Å². The molecule has 3 heterocycles. The molecular weight excluding hydrogens is 464 g/mol. The summed E-state index contributed by atoms with van der Waals surface area (Å²) in [5.41, 5.74) is 5.42. The van der Waals surface area contributed by atoms with E-state index in [4.69, 9.17) is 15.0 Å². The molecule has 0 saturated carbocycles. The smallest absolute Gasteiger partial charge is 0.418 e. The van der Waals surface area contributed by atoms with Gasteiger partial charge in [-0.25, -0.2) is 9.78 Å². The first-order chi connectivity index (χ1) is 15.5. The lowest BCUT2D eigenvalue weighted by molar-refractivity contribution is -0.146. The Morgan fingerprint density at radius 2 is 2.09 bits per heavy atom. The third kappa shape index (κ3) is 6.04. The normalized spacial score (nSPS) is 21.1. The third-order valence-corrected chi connectivity index (χ3v) is 5.47. The van der Waals surface area contributed by atoms with Crippen LogP contribution < -0.4 is 11.1 Å². The molecule has 3 amide bonds. The number of urea groups is 1. The Kier molecular flexibility index (Phi) is 7.31. The van der Waals surface area contributed by atoms with E-state index < -0.39 is 46.4 Å². The van der Waals surface area contributed by atoms with Gasteiger partial charge in [-0.3, -0.25) is 18.9 Å². The second kappa shape index (κ2) is 9.82. The number of aromatic nitrogens is 2. The summed E-state index contributed by atoms with van der Waals surface area (Å²) in [4.78, 5) is 53.9. The molecule has 15 nitrogen and oxygen atoms in total. The van der Waals surface area contributed by atoms with Gasteiger partial charge < -0.3 is 25.3 Å². The summed E-state index contributed by atoms with van der Waals surface area (Å²) in [6.45, 7) is 0.872. The van der Waals surface area contributed by atoms with Crippen LogP contribution in [-0.4, -0.2) is 87.4 Å². The van der Waals surface area contributed by atoms with Crippen LogP contribution in [0.2, 0.25) is 0 Å². The van der Waals surface area contributed by atoms with E-state index in [1.54, 1.807) is 0 Å². The number of nitrogens with two attached hydrogens (primary N) is 1. The molecule has 2 saturated heterocycles. The van der Waals surface area contributed by atoms with Crippen LogP contribution in [0, 0.1) is 0 Å². The first-order valence-corrected chi connectivity index (χ1v) is 11.3. The van der Waals surface area contributed by atoms with Gasteiger partial charge in [-0.05, 0) is 19.8 Å². The topological polar surface area (TPSA) is 203 Å². The van der Waals surface area contributed by atoms with Gasteiger partial charge in [0.15, 0.2) is 5.78 Å². The lowest BCUT2D eigenvalue weighted by Crippen LogP contribution is -2.50. The molecule has 2 bridgehead atoms. The van der Waals surface area contributed by atoms with Crippen molar-refractivity contribution < 1.29 is 41.2 Å². The number of ether oxygens (including phenoxy) is 1. The van der Waals surface area contributed by atoms with Gasteiger partial charge in [0.1, 0.15) is 24.5 Å². The number of Topliss-reactive ketones (excluding diaryl/α,β-unsaturated/α-hetero) is 1. The van der Waals surface area contributed by atoms with Crippen molar-refractivity contribution in [2.24, 2.45) is 5.73 Å². The highest BCUT2D eigenvalue weighted by Gasteiger charge is 2.49. The van der Waals surface area contributed by atoms with Gasteiger partial charge >= 0.3 is 22.4 Å². The minimum atomic E-state index is -4.89. The van der Waals surface area contributed by atoms with Crippen molar-refractivity contribution in [3.05, 3.63) is 18.2 Å². The molecule has 2 aliphatic heterocycles. The Labute approximate surface area is 188 Å². The number of ketones is 1. The maximum Gasteiger partial charge on any atom is 0.418 e. The maximum atomic E-state index is 12.6. The van der Waals surface area contributed by atoms with Crippen molar-refractivity contribution in [3.63, 3.8) is 0 Å². The number of fused-ring (bicyclic) bond motifs is 2. The first kappa shape index (κ1) is 24.6. The zero-order valence-corrected chi connectivity index (χ0v) is 18.4. The number of hydroxylamine groups is 2. The highest BCUT2D eigenvalue weighted by atomic mass is 32.3. The molecule has 0 radical (unpaired) electrons. The molecule has 4 N–H and O–H groups in total. The van der Waals surface area contributed by atoms with Crippen molar-refractivity contribution in [3.8, 4) is 0 Å². The number of carbonyl (C=O) groups is 4. The highest BCUT2D eigenvalue weighted by molar-refractivity contribution is 7.80. The zero-order chi connectivity index (χ0) is 24.3. The molecule has 33 heavy (non-hydrogen) atoms. The minimum Gasteiger partial charge on any atom is -0.456 e. The maximum absolute atomic E-state index is 12.6. The van der Waals surface area contributed by atoms with E-state index in [9.17, 15) is 27.6 Å². The predicted molar refractivity (Wildman–Crippen MR) is 107 cm³/mol. The van der Waals surface area contributed by atoms with Crippen molar-refractivity contribution in [1.82, 2.24) is 24.8 Å². The number of hydrogen-bond acceptors (Lipinski definition) is 10. The van der Waals surface area contributed by atoms with Gasteiger partial charge in [0.25, 0.3) is 0 Å². The number of nitrogens with zero attached hydrogens (tertiary/aromatic N) is 4. The van der Waals surface area contributed by atoms with Crippen LogP contribution in [0.5, 0.6) is 0 Å². The Morgan fingerprint density at radius 1 is 1.36 bits per heavy atom. The van der Waals surface area contributed by atoms with Crippen LogP contribution in [0.15, 0.2) is 12.4 Å². The van der Waals surface area contributed by atoms with Gasteiger partial charge in [0, 0.05) is 18.9 Å². The zero-order valence-electron chi connectivity index (χ0n) is 17.6. The standard InChI is InChI=1S/C17H24N6O9S/c1-10(18)16(26)31-9-14-19-4-5-21(14)8-12(24)6-20-15(25)13-3-2-11-7-22(13)17(27)23(11)32-33(28,29)30/h4-5,10-11,13H,2-3,6-9,18H2,1H3,(H,20,25)(H,28,29,30)/t10-,11+,13-/m0/s1. The van der Waals surface area contributed by atoms with E-state index >= 15 is 0 Å². The predicted octanol–water partition coefficient (Wildman–Crippen LogP) is -2.04. The molecule has 0 unspecified atom stereocenters. The van der Waals surface area contributed by atoms with Crippen LogP contribution >= 0.6 is 0 Å². The SMILES string of the molecule is C[C@H](N)C(=O)OCc1nccn1CC(=O)CNC(=O)[C@@H]1CC[C@@H]2CN1C(=O)N2OS(=O)(=O)O. The van der Waals surface area contributed by atoms with E-state index in [0.717, 1.165) is 4.90 Å². The van der Waals surface area contributed by atoms with Crippen LogP contribution in [0.1, 0.15) is 25.6 Å². The summed E-state index contributed by atoms with van der Waals surface area (Å²) in [6, 6.07) is -3.21. The van der Waals surface area contributed by atoms with E-state index in [0.29, 0.717) is 10.9 Å². The molecule has 0 aliphatic carbocycles. The van der Waals surface area contributed by atoms with Crippen LogP contribution in [0.4, 0.5) is 4.79 Å². The Balaban J connectivity index is 1.51. The fourth-order valence-electron chi connectivity index (χ4n) is 3.54. The Hall–Kier alpha value is -3.08. The van der Waals surface area contributed by atoms with Crippen molar-refractivity contribution in [2.75, 3.05) is 13.1 Å². The second-order valence-electron chi connectivity index (χ2n) is 7.63. The molecule has 2 fully saturated rings. The van der Waals surface area contributed by atoms with Gasteiger partial charge in [0.05, 0.1) is 19.1 Å². The highest BCUT2D eigenvalue weighted by Crippen LogP contribution is 2.30. The summed E-state index contributed by atoms with van der Waals surface area (Å²) in [6.07, 6.45) is 3.43. The van der Waals surface area contributed by atoms with Crippen LogP contribution in [0.25, 0.3) is 0 Å². The quantitative estimate of drug-likeness (QED) is 0.242. The van der Waals surface area contributed by atoms with Crippen molar-refractivity contribution in [2.45, 2.75) is 51.0 Å². The van der Waals surface area contributed by atoms with Crippen LogP contribution in [0.3, 0.4) is 0 Å². The molecule has 2 aliphatic rings. The molecule has 3 atom stereocenters. The molecular formula is C17H24N6O9S. The largest absolute Gasteiger partial charge is 0.456 e. The summed E-state index contributed by atoms with van der Waals surface area (Å²) in [5, 5.41) is 3.00. The summed E-state index contributed by atoms with van der Waals surface area (Å²) in [7, 11) is -4.89. The number of imidazole rings is 1. The number of amides is 3. The number of rotatable bonds is 10. The minimum absolute atomic E-state index is 0.0406. The van der Waals surface area contributed by atoms with E-state index in [1.165, 1.54) is 23.9 Å². The number of esters is 1. The molecule has 0 aromatic carbocycles. The number of piperidine rings is 1. The molecule has 1 aromatic heterocycles. The third-order valence-electron chi connectivity index (χ3n) is 5.12. The van der Waals surface area contributed by atoms with Crippen molar-refractivity contribution in [1.29, 1.82) is 0 Å². The van der Waals surface area contributed by atoms with Gasteiger partial charge in [0.2, 0.25) is 5.91 Å². The Morgan fingerprint density at radius 3 is 2.76 bits per heavy atom. The molecule has 3 rings (SSSR count).